The summed E-state index contributed by atoms with van der Waals surface area (Å²) in [6.45, 7) is 4.70. The lowest BCUT2D eigenvalue weighted by molar-refractivity contribution is 0.0746. The molecule has 6 nitrogen and oxygen atoms in total. The number of hydrogen-bond acceptors (Lipinski definition) is 4. The number of anilines is 1. The number of nitrogens with zero attached hydrogens (tertiary/aromatic N) is 2. The van der Waals surface area contributed by atoms with E-state index in [9.17, 15) is 13.2 Å². The van der Waals surface area contributed by atoms with Gasteiger partial charge in [-0.15, -0.1) is 0 Å². The van der Waals surface area contributed by atoms with Crippen LogP contribution in [0.15, 0.2) is 53.4 Å². The van der Waals surface area contributed by atoms with Gasteiger partial charge in [0.2, 0.25) is 10.0 Å². The number of rotatable bonds is 6. The predicted octanol–water partition coefficient (Wildman–Crippen LogP) is 2.99. The van der Waals surface area contributed by atoms with E-state index in [0.717, 1.165) is 5.69 Å². The number of nitrogens with one attached hydrogen (secondary N) is 1. The van der Waals surface area contributed by atoms with Gasteiger partial charge in [0.25, 0.3) is 5.91 Å². The molecule has 0 saturated carbocycles. The lowest BCUT2D eigenvalue weighted by Gasteiger charge is -2.36. The molecule has 0 aliphatic carbocycles. The zero-order chi connectivity index (χ0) is 20.1. The predicted molar refractivity (Wildman–Crippen MR) is 111 cm³/mol. The highest BCUT2D eigenvalue weighted by Crippen LogP contribution is 2.26. The summed E-state index contributed by atoms with van der Waals surface area (Å²) in [7, 11) is -3.60. The van der Waals surface area contributed by atoms with Crippen molar-refractivity contribution in [2.24, 2.45) is 0 Å². The molecule has 1 heterocycles. The Morgan fingerprint density at radius 2 is 1.79 bits per heavy atom. The van der Waals surface area contributed by atoms with Gasteiger partial charge in [-0.3, -0.25) is 4.79 Å². The van der Waals surface area contributed by atoms with Crippen molar-refractivity contribution in [1.29, 1.82) is 0 Å². The van der Waals surface area contributed by atoms with E-state index in [1.54, 1.807) is 17.0 Å². The summed E-state index contributed by atoms with van der Waals surface area (Å²) in [5, 5.41) is 0.694. The highest BCUT2D eigenvalue weighted by Gasteiger charge is 2.24. The molecule has 1 amide bonds. The van der Waals surface area contributed by atoms with Gasteiger partial charge in [-0.1, -0.05) is 36.7 Å². The maximum atomic E-state index is 12.9. The summed E-state index contributed by atoms with van der Waals surface area (Å²) >= 11 is 6.26. The first-order valence-electron chi connectivity index (χ1n) is 9.31. The Balaban J connectivity index is 1.69. The van der Waals surface area contributed by atoms with E-state index in [1.807, 2.05) is 31.2 Å². The Hall–Kier alpha value is -2.09. The molecule has 1 N–H and O–H groups in total. The Morgan fingerprint density at radius 1 is 1.07 bits per heavy atom. The van der Waals surface area contributed by atoms with Crippen molar-refractivity contribution in [2.75, 3.05) is 37.6 Å². The van der Waals surface area contributed by atoms with E-state index in [2.05, 4.69) is 9.62 Å². The molecular weight excluding hydrogens is 398 g/mol. The highest BCUT2D eigenvalue weighted by molar-refractivity contribution is 7.89. The molecule has 2 aromatic rings. The van der Waals surface area contributed by atoms with Crippen LogP contribution in [0.5, 0.6) is 0 Å². The minimum atomic E-state index is -3.60. The fraction of sp³-hybridized carbons (Fsp3) is 0.350. The average Bonchev–Trinajstić information content (AvgIpc) is 2.72. The van der Waals surface area contributed by atoms with Crippen molar-refractivity contribution in [3.8, 4) is 0 Å². The number of para-hydroxylation sites is 1. The number of hydrogen-bond donors (Lipinski definition) is 1. The second-order valence-corrected chi connectivity index (χ2v) is 8.83. The van der Waals surface area contributed by atoms with Gasteiger partial charge < -0.3 is 9.80 Å². The first-order valence-corrected chi connectivity index (χ1v) is 11.2. The second kappa shape index (κ2) is 8.94. The third-order valence-electron chi connectivity index (χ3n) is 4.69. The van der Waals surface area contributed by atoms with Crippen LogP contribution >= 0.6 is 11.6 Å². The van der Waals surface area contributed by atoms with Gasteiger partial charge in [0, 0.05) is 38.3 Å². The van der Waals surface area contributed by atoms with Crippen molar-refractivity contribution in [2.45, 2.75) is 18.2 Å². The molecule has 0 bridgehead atoms. The van der Waals surface area contributed by atoms with Crippen molar-refractivity contribution in [3.63, 3.8) is 0 Å². The Labute approximate surface area is 171 Å². The van der Waals surface area contributed by atoms with Crippen LogP contribution in [-0.2, 0) is 10.0 Å². The molecule has 1 saturated heterocycles. The lowest BCUT2D eigenvalue weighted by Crippen LogP contribution is -2.48. The zero-order valence-electron chi connectivity index (χ0n) is 15.8. The van der Waals surface area contributed by atoms with E-state index in [1.165, 1.54) is 12.1 Å². The third kappa shape index (κ3) is 4.66. The summed E-state index contributed by atoms with van der Waals surface area (Å²) in [5.41, 5.74) is 1.34. The molecule has 1 aliphatic heterocycles. The van der Waals surface area contributed by atoms with Crippen molar-refractivity contribution in [1.82, 2.24) is 9.62 Å². The highest BCUT2D eigenvalue weighted by atomic mass is 35.5. The fourth-order valence-electron chi connectivity index (χ4n) is 3.16. The number of carbonyl (C=O) groups is 1. The average molecular weight is 422 g/mol. The van der Waals surface area contributed by atoms with Gasteiger partial charge in [-0.25, -0.2) is 13.1 Å². The maximum absolute atomic E-state index is 12.9. The topological polar surface area (TPSA) is 69.7 Å². The monoisotopic (exact) mass is 421 g/mol. The van der Waals surface area contributed by atoms with E-state index >= 15 is 0 Å². The molecule has 2 aromatic carbocycles. The summed E-state index contributed by atoms with van der Waals surface area (Å²) in [6, 6.07) is 13.9. The first-order chi connectivity index (χ1) is 13.4. The fourth-order valence-corrected chi connectivity index (χ4v) is 4.59. The van der Waals surface area contributed by atoms with E-state index in [0.29, 0.717) is 49.7 Å². The Kier molecular flexibility index (Phi) is 6.59. The van der Waals surface area contributed by atoms with E-state index in [-0.39, 0.29) is 10.8 Å². The molecule has 28 heavy (non-hydrogen) atoms. The van der Waals surface area contributed by atoms with Crippen LogP contribution in [0.2, 0.25) is 5.02 Å². The molecule has 0 spiro atoms. The second-order valence-electron chi connectivity index (χ2n) is 6.66. The summed E-state index contributed by atoms with van der Waals surface area (Å²) in [4.78, 5) is 16.9. The van der Waals surface area contributed by atoms with Crippen molar-refractivity contribution < 1.29 is 13.2 Å². The molecule has 0 atom stereocenters. The third-order valence-corrected chi connectivity index (χ3v) is 6.47. The summed E-state index contributed by atoms with van der Waals surface area (Å²) in [6.07, 6.45) is 0.702. The van der Waals surface area contributed by atoms with Gasteiger partial charge >= 0.3 is 0 Å². The number of sulfonamides is 1. The molecule has 0 aromatic heterocycles. The van der Waals surface area contributed by atoms with Crippen LogP contribution in [0, 0.1) is 0 Å². The smallest absolute Gasteiger partial charge is 0.254 e. The first kappa shape index (κ1) is 20.6. The number of piperazine rings is 1. The number of halogens is 1. The van der Waals surface area contributed by atoms with Crippen LogP contribution in [0.25, 0.3) is 0 Å². The van der Waals surface area contributed by atoms with Gasteiger partial charge in [0.15, 0.2) is 0 Å². The number of carbonyl (C=O) groups excluding carboxylic acids is 1. The van der Waals surface area contributed by atoms with Crippen LogP contribution in [0.1, 0.15) is 23.7 Å². The van der Waals surface area contributed by atoms with Gasteiger partial charge in [-0.2, -0.15) is 0 Å². The molecular formula is C20H24ClN3O3S. The molecule has 0 unspecified atom stereocenters. The van der Waals surface area contributed by atoms with Gasteiger partial charge in [0.05, 0.1) is 15.6 Å². The van der Waals surface area contributed by atoms with Gasteiger partial charge in [-0.05, 0) is 36.8 Å². The lowest BCUT2D eigenvalue weighted by atomic mass is 10.1. The number of benzene rings is 2. The quantitative estimate of drug-likeness (QED) is 0.778. The maximum Gasteiger partial charge on any atom is 0.254 e. The summed E-state index contributed by atoms with van der Waals surface area (Å²) in [5.74, 6) is -0.161. The molecule has 150 valence electrons. The zero-order valence-corrected chi connectivity index (χ0v) is 17.3. The molecule has 1 aliphatic rings. The molecule has 3 rings (SSSR count). The Morgan fingerprint density at radius 3 is 2.46 bits per heavy atom. The van der Waals surface area contributed by atoms with Crippen LogP contribution in [0.4, 0.5) is 5.69 Å². The largest absolute Gasteiger partial charge is 0.367 e. The van der Waals surface area contributed by atoms with Crippen LogP contribution in [-0.4, -0.2) is 51.9 Å². The van der Waals surface area contributed by atoms with E-state index < -0.39 is 10.0 Å². The van der Waals surface area contributed by atoms with Crippen molar-refractivity contribution in [3.05, 3.63) is 59.1 Å². The van der Waals surface area contributed by atoms with Gasteiger partial charge in [0.1, 0.15) is 0 Å². The van der Waals surface area contributed by atoms with Crippen LogP contribution < -0.4 is 9.62 Å². The Bertz CT molecular complexity index is 941. The summed E-state index contributed by atoms with van der Waals surface area (Å²) < 4.78 is 27.2. The normalized spacial score (nSPS) is 14.9. The molecule has 0 radical (unpaired) electrons. The van der Waals surface area contributed by atoms with E-state index in [4.69, 9.17) is 11.6 Å². The van der Waals surface area contributed by atoms with Crippen LogP contribution in [0.3, 0.4) is 0 Å². The number of amides is 1. The molecule has 1 fully saturated rings. The van der Waals surface area contributed by atoms with Crippen molar-refractivity contribution >= 4 is 33.2 Å². The molecule has 8 heteroatoms. The minimum Gasteiger partial charge on any atom is -0.367 e. The standard InChI is InChI=1S/C20H24ClN3O3S/c1-2-10-22-28(26,27)17-7-5-6-16(15-17)20(25)24-13-11-23(12-14-24)19-9-4-3-8-18(19)21/h3-9,15,22H,2,10-14H2,1H3. The minimum absolute atomic E-state index is 0.113. The SMILES string of the molecule is CCCNS(=O)(=O)c1cccc(C(=O)N2CCN(c3ccccc3Cl)CC2)c1.